The molecule has 0 aromatic rings. The Morgan fingerprint density at radius 1 is 1.83 bits per heavy atom. The maximum Gasteiger partial charge on any atom is 0.159 e. The third-order valence-electron chi connectivity index (χ3n) is 2.29. The number of nitriles is 1. The molecule has 1 aliphatic heterocycles. The SMILES string of the molecule is C=C(C)[C@H]1COC(O)[C@H]1CC#N. The van der Waals surface area contributed by atoms with Crippen LogP contribution in [0, 0.1) is 23.2 Å². The highest BCUT2D eigenvalue weighted by Crippen LogP contribution is 2.32. The Balaban J connectivity index is 2.65. The topological polar surface area (TPSA) is 53.2 Å². The molecule has 0 amide bonds. The third-order valence-corrected chi connectivity index (χ3v) is 2.29. The number of hydrogen-bond donors (Lipinski definition) is 1. The zero-order valence-corrected chi connectivity index (χ0v) is 7.16. The second-order valence-corrected chi connectivity index (χ2v) is 3.20. The van der Waals surface area contributed by atoms with Gasteiger partial charge in [0, 0.05) is 18.3 Å². The quantitative estimate of drug-likeness (QED) is 0.625. The Hall–Kier alpha value is -0.850. The van der Waals surface area contributed by atoms with E-state index in [0.29, 0.717) is 13.0 Å². The maximum atomic E-state index is 9.32. The molecule has 1 N–H and O–H groups in total. The lowest BCUT2D eigenvalue weighted by Gasteiger charge is -2.16. The number of nitrogens with zero attached hydrogens (tertiary/aromatic N) is 1. The van der Waals surface area contributed by atoms with Crippen LogP contribution >= 0.6 is 0 Å². The van der Waals surface area contributed by atoms with Crippen LogP contribution in [0.1, 0.15) is 13.3 Å². The van der Waals surface area contributed by atoms with Gasteiger partial charge in [-0.05, 0) is 6.92 Å². The normalized spacial score (nSPS) is 34.6. The zero-order valence-electron chi connectivity index (χ0n) is 7.16. The first-order valence-corrected chi connectivity index (χ1v) is 3.99. The van der Waals surface area contributed by atoms with E-state index >= 15 is 0 Å². The van der Waals surface area contributed by atoms with E-state index in [1.807, 2.05) is 13.0 Å². The van der Waals surface area contributed by atoms with Gasteiger partial charge in [-0.3, -0.25) is 0 Å². The van der Waals surface area contributed by atoms with Gasteiger partial charge in [0.15, 0.2) is 6.29 Å². The molecule has 0 bridgehead atoms. The molecule has 1 fully saturated rings. The molecule has 0 aliphatic carbocycles. The van der Waals surface area contributed by atoms with Crippen LogP contribution in [0.3, 0.4) is 0 Å². The summed E-state index contributed by atoms with van der Waals surface area (Å²) >= 11 is 0. The monoisotopic (exact) mass is 167 g/mol. The Bertz CT molecular complexity index is 219. The number of rotatable bonds is 2. The Morgan fingerprint density at radius 2 is 2.50 bits per heavy atom. The fraction of sp³-hybridized carbons (Fsp3) is 0.667. The molecule has 0 spiro atoms. The second-order valence-electron chi connectivity index (χ2n) is 3.20. The van der Waals surface area contributed by atoms with Crippen molar-refractivity contribution in [3.05, 3.63) is 12.2 Å². The molecule has 3 atom stereocenters. The standard InChI is InChI=1S/C9H13NO2/c1-6(2)8-5-12-9(11)7(8)3-4-10/h7-9,11H,1,3,5H2,2H3/t7-,8+,9?/m0/s1. The van der Waals surface area contributed by atoms with Crippen molar-refractivity contribution in [1.29, 1.82) is 5.26 Å². The summed E-state index contributed by atoms with van der Waals surface area (Å²) in [6.45, 7) is 6.19. The van der Waals surface area contributed by atoms with Crippen LogP contribution in [0.15, 0.2) is 12.2 Å². The van der Waals surface area contributed by atoms with E-state index in [9.17, 15) is 5.11 Å². The van der Waals surface area contributed by atoms with Gasteiger partial charge in [0.1, 0.15) is 0 Å². The summed E-state index contributed by atoms with van der Waals surface area (Å²) in [5.41, 5.74) is 0.979. The van der Waals surface area contributed by atoms with Gasteiger partial charge in [-0.1, -0.05) is 12.2 Å². The summed E-state index contributed by atoms with van der Waals surface area (Å²) in [5.74, 6) is 0.0483. The van der Waals surface area contributed by atoms with Gasteiger partial charge in [0.25, 0.3) is 0 Å². The summed E-state index contributed by atoms with van der Waals surface area (Å²) < 4.78 is 5.04. The van der Waals surface area contributed by atoms with Gasteiger partial charge in [-0.15, -0.1) is 0 Å². The van der Waals surface area contributed by atoms with Crippen LogP contribution < -0.4 is 0 Å². The molecule has 3 heteroatoms. The van der Waals surface area contributed by atoms with Gasteiger partial charge in [-0.25, -0.2) is 0 Å². The van der Waals surface area contributed by atoms with Crippen LogP contribution in [0.5, 0.6) is 0 Å². The highest BCUT2D eigenvalue weighted by Gasteiger charge is 2.35. The lowest BCUT2D eigenvalue weighted by molar-refractivity contribution is -0.0812. The van der Waals surface area contributed by atoms with Crippen molar-refractivity contribution in [2.45, 2.75) is 19.6 Å². The summed E-state index contributed by atoms with van der Waals surface area (Å²) in [5, 5.41) is 17.8. The van der Waals surface area contributed by atoms with Crippen LogP contribution in [0.4, 0.5) is 0 Å². The smallest absolute Gasteiger partial charge is 0.159 e. The van der Waals surface area contributed by atoms with Crippen molar-refractivity contribution < 1.29 is 9.84 Å². The van der Waals surface area contributed by atoms with Crippen LogP contribution in [0.25, 0.3) is 0 Å². The van der Waals surface area contributed by atoms with Crippen LogP contribution in [-0.4, -0.2) is 18.0 Å². The Kier molecular flexibility index (Phi) is 2.85. The average molecular weight is 167 g/mol. The predicted octanol–water partition coefficient (Wildman–Crippen LogP) is 1.06. The van der Waals surface area contributed by atoms with Crippen molar-refractivity contribution in [3.63, 3.8) is 0 Å². The van der Waals surface area contributed by atoms with E-state index < -0.39 is 6.29 Å². The van der Waals surface area contributed by atoms with Crippen molar-refractivity contribution in [3.8, 4) is 6.07 Å². The Labute approximate surface area is 72.3 Å². The fourth-order valence-electron chi connectivity index (χ4n) is 1.50. The molecule has 1 aliphatic rings. The Morgan fingerprint density at radius 3 is 3.00 bits per heavy atom. The molecular formula is C9H13NO2. The first-order chi connectivity index (χ1) is 5.66. The number of aliphatic hydroxyl groups excluding tert-OH is 1. The summed E-state index contributed by atoms with van der Waals surface area (Å²) in [6, 6.07) is 2.04. The number of ether oxygens (including phenoxy) is 1. The van der Waals surface area contributed by atoms with E-state index in [-0.39, 0.29) is 11.8 Å². The summed E-state index contributed by atoms with van der Waals surface area (Å²) in [4.78, 5) is 0. The largest absolute Gasteiger partial charge is 0.368 e. The molecule has 1 saturated heterocycles. The van der Waals surface area contributed by atoms with E-state index in [2.05, 4.69) is 6.58 Å². The fourth-order valence-corrected chi connectivity index (χ4v) is 1.50. The molecule has 0 saturated carbocycles. The lowest BCUT2D eigenvalue weighted by atomic mass is 9.87. The molecule has 12 heavy (non-hydrogen) atoms. The third kappa shape index (κ3) is 1.66. The molecule has 1 heterocycles. The molecule has 1 unspecified atom stereocenters. The van der Waals surface area contributed by atoms with E-state index in [4.69, 9.17) is 10.00 Å². The first-order valence-electron chi connectivity index (χ1n) is 3.99. The van der Waals surface area contributed by atoms with Gasteiger partial charge >= 0.3 is 0 Å². The van der Waals surface area contributed by atoms with E-state index in [0.717, 1.165) is 5.57 Å². The van der Waals surface area contributed by atoms with Gasteiger partial charge < -0.3 is 9.84 Å². The van der Waals surface area contributed by atoms with E-state index in [1.54, 1.807) is 0 Å². The van der Waals surface area contributed by atoms with Gasteiger partial charge in [0.05, 0.1) is 12.7 Å². The van der Waals surface area contributed by atoms with Crippen molar-refractivity contribution in [2.24, 2.45) is 11.8 Å². The highest BCUT2D eigenvalue weighted by molar-refractivity contribution is 5.03. The summed E-state index contributed by atoms with van der Waals surface area (Å²) in [6.07, 6.45) is -0.454. The molecule has 3 nitrogen and oxygen atoms in total. The average Bonchev–Trinajstić information content (AvgIpc) is 2.34. The minimum absolute atomic E-state index is 0.0903. The lowest BCUT2D eigenvalue weighted by Crippen LogP contribution is -2.20. The van der Waals surface area contributed by atoms with Gasteiger partial charge in [0.2, 0.25) is 0 Å². The van der Waals surface area contributed by atoms with Crippen LogP contribution in [0.2, 0.25) is 0 Å². The molecule has 66 valence electrons. The maximum absolute atomic E-state index is 9.32. The molecular weight excluding hydrogens is 154 g/mol. The second kappa shape index (κ2) is 3.70. The number of aliphatic hydroxyl groups is 1. The molecule has 1 rings (SSSR count). The van der Waals surface area contributed by atoms with Gasteiger partial charge in [-0.2, -0.15) is 5.26 Å². The summed E-state index contributed by atoms with van der Waals surface area (Å²) in [7, 11) is 0. The van der Waals surface area contributed by atoms with Crippen molar-refractivity contribution in [1.82, 2.24) is 0 Å². The van der Waals surface area contributed by atoms with E-state index in [1.165, 1.54) is 0 Å². The van der Waals surface area contributed by atoms with Crippen molar-refractivity contribution in [2.75, 3.05) is 6.61 Å². The number of hydrogen-bond acceptors (Lipinski definition) is 3. The molecule has 0 aromatic heterocycles. The predicted molar refractivity (Wildman–Crippen MR) is 44.0 cm³/mol. The van der Waals surface area contributed by atoms with Crippen LogP contribution in [-0.2, 0) is 4.74 Å². The zero-order chi connectivity index (χ0) is 9.14. The minimum Gasteiger partial charge on any atom is -0.368 e. The highest BCUT2D eigenvalue weighted by atomic mass is 16.6. The molecule has 0 aromatic carbocycles. The molecule has 0 radical (unpaired) electrons. The first kappa shape index (κ1) is 9.24. The minimum atomic E-state index is -0.786. The van der Waals surface area contributed by atoms with Crippen molar-refractivity contribution >= 4 is 0 Å².